The van der Waals surface area contributed by atoms with Gasteiger partial charge in [0.15, 0.2) is 0 Å². The molecule has 1 aliphatic heterocycles. The van der Waals surface area contributed by atoms with Gasteiger partial charge in [-0.3, -0.25) is 10.1 Å². The predicted molar refractivity (Wildman–Crippen MR) is 38.4 cm³/mol. The number of likely N-dealkylation sites (N-methyl/N-ethyl adjacent to an activating group) is 1. The van der Waals surface area contributed by atoms with E-state index in [1.807, 2.05) is 0 Å². The second-order valence-electron chi connectivity index (χ2n) is 2.13. The highest BCUT2D eigenvalue weighted by Gasteiger charge is 2.26. The Hall–Kier alpha value is -0.220. The third-order valence-corrected chi connectivity index (χ3v) is 1.80. The third kappa shape index (κ3) is 1.19. The molecular formula is C5H10N2OS. The number of amides is 1. The minimum Gasteiger partial charge on any atom is -0.332 e. The lowest BCUT2D eigenvalue weighted by Crippen LogP contribution is -2.30. The molecule has 0 unspecified atom stereocenters. The van der Waals surface area contributed by atoms with E-state index in [0.717, 1.165) is 0 Å². The topological polar surface area (TPSA) is 32.3 Å². The van der Waals surface area contributed by atoms with Gasteiger partial charge in [0.1, 0.15) is 0 Å². The molecule has 0 saturated carbocycles. The molecule has 52 valence electrons. The number of nitrogens with one attached hydrogen (secondary N) is 1. The normalized spacial score (nSPS) is 27.6. The van der Waals surface area contributed by atoms with Crippen LogP contribution in [0, 0.1) is 0 Å². The van der Waals surface area contributed by atoms with E-state index in [1.165, 1.54) is 0 Å². The standard InChI is InChI=1S/C5H10N2OS/c1-7-3-6-4(2-9)5(7)8/h4,6,9H,2-3H2,1H3/t4-/m0/s1. The van der Waals surface area contributed by atoms with Crippen molar-refractivity contribution in [2.45, 2.75) is 6.04 Å². The Morgan fingerprint density at radius 3 is 2.89 bits per heavy atom. The fraction of sp³-hybridized carbons (Fsp3) is 0.800. The number of carbonyl (C=O) groups excluding carboxylic acids is 1. The van der Waals surface area contributed by atoms with E-state index in [9.17, 15) is 4.79 Å². The maximum atomic E-state index is 11.0. The van der Waals surface area contributed by atoms with Crippen LogP contribution in [-0.4, -0.2) is 36.3 Å². The maximum Gasteiger partial charge on any atom is 0.241 e. The largest absolute Gasteiger partial charge is 0.332 e. The van der Waals surface area contributed by atoms with E-state index in [0.29, 0.717) is 12.4 Å². The smallest absolute Gasteiger partial charge is 0.241 e. The molecule has 1 N–H and O–H groups in total. The Bertz CT molecular complexity index is 128. The first-order valence-electron chi connectivity index (χ1n) is 2.85. The monoisotopic (exact) mass is 146 g/mol. The summed E-state index contributed by atoms with van der Waals surface area (Å²) in [6.45, 7) is 0.657. The van der Waals surface area contributed by atoms with E-state index < -0.39 is 0 Å². The van der Waals surface area contributed by atoms with Crippen LogP contribution in [-0.2, 0) is 4.79 Å². The van der Waals surface area contributed by atoms with Crippen LogP contribution in [0.4, 0.5) is 0 Å². The molecule has 0 aliphatic carbocycles. The number of hydrogen-bond donors (Lipinski definition) is 2. The summed E-state index contributed by atoms with van der Waals surface area (Å²) in [5.74, 6) is 0.730. The van der Waals surface area contributed by atoms with Gasteiger partial charge >= 0.3 is 0 Å². The van der Waals surface area contributed by atoms with Gasteiger partial charge in [-0.1, -0.05) is 0 Å². The Morgan fingerprint density at radius 1 is 2.00 bits per heavy atom. The van der Waals surface area contributed by atoms with Crippen LogP contribution in [0.1, 0.15) is 0 Å². The van der Waals surface area contributed by atoms with Crippen LogP contribution >= 0.6 is 12.6 Å². The van der Waals surface area contributed by atoms with Crippen molar-refractivity contribution in [1.82, 2.24) is 10.2 Å². The molecular weight excluding hydrogens is 136 g/mol. The van der Waals surface area contributed by atoms with E-state index in [-0.39, 0.29) is 11.9 Å². The lowest BCUT2D eigenvalue weighted by atomic mass is 10.3. The van der Waals surface area contributed by atoms with Crippen molar-refractivity contribution in [3.8, 4) is 0 Å². The number of rotatable bonds is 1. The summed E-state index contributed by atoms with van der Waals surface area (Å²) in [4.78, 5) is 12.6. The fourth-order valence-corrected chi connectivity index (χ4v) is 1.11. The molecule has 1 heterocycles. The molecule has 0 bridgehead atoms. The van der Waals surface area contributed by atoms with Crippen LogP contribution in [0.5, 0.6) is 0 Å². The second kappa shape index (κ2) is 2.58. The first-order valence-corrected chi connectivity index (χ1v) is 3.48. The van der Waals surface area contributed by atoms with Gasteiger partial charge in [0, 0.05) is 12.8 Å². The summed E-state index contributed by atoms with van der Waals surface area (Å²) >= 11 is 4.01. The van der Waals surface area contributed by atoms with Crippen molar-refractivity contribution in [3.05, 3.63) is 0 Å². The van der Waals surface area contributed by atoms with Crippen LogP contribution in [0.3, 0.4) is 0 Å². The Labute approximate surface area is 59.8 Å². The summed E-state index contributed by atoms with van der Waals surface area (Å²) in [6.07, 6.45) is 0. The number of carbonyl (C=O) groups is 1. The maximum absolute atomic E-state index is 11.0. The van der Waals surface area contributed by atoms with Gasteiger partial charge in [0.05, 0.1) is 12.7 Å². The molecule has 1 rings (SSSR count). The zero-order valence-electron chi connectivity index (χ0n) is 5.29. The molecule has 1 atom stereocenters. The molecule has 0 radical (unpaired) electrons. The molecule has 1 aliphatic rings. The summed E-state index contributed by atoms with van der Waals surface area (Å²) in [7, 11) is 1.78. The summed E-state index contributed by atoms with van der Waals surface area (Å²) in [5.41, 5.74) is 0. The number of nitrogens with zero attached hydrogens (tertiary/aromatic N) is 1. The van der Waals surface area contributed by atoms with Crippen molar-refractivity contribution in [2.24, 2.45) is 0 Å². The SMILES string of the molecule is CN1CN[C@@H](CS)C1=O. The van der Waals surface area contributed by atoms with Gasteiger partial charge in [-0.2, -0.15) is 12.6 Å². The first kappa shape index (κ1) is 6.89. The Balaban J connectivity index is 2.51. The van der Waals surface area contributed by atoms with Crippen LogP contribution in [0.25, 0.3) is 0 Å². The van der Waals surface area contributed by atoms with Crippen LogP contribution < -0.4 is 5.32 Å². The van der Waals surface area contributed by atoms with Gasteiger partial charge < -0.3 is 4.90 Å². The number of thiol groups is 1. The van der Waals surface area contributed by atoms with Crippen LogP contribution in [0.2, 0.25) is 0 Å². The lowest BCUT2D eigenvalue weighted by Gasteiger charge is -2.04. The van der Waals surface area contributed by atoms with Gasteiger partial charge in [-0.05, 0) is 0 Å². The summed E-state index contributed by atoms with van der Waals surface area (Å²) < 4.78 is 0. The molecule has 1 saturated heterocycles. The highest BCUT2D eigenvalue weighted by molar-refractivity contribution is 7.80. The second-order valence-corrected chi connectivity index (χ2v) is 2.50. The third-order valence-electron chi connectivity index (χ3n) is 1.43. The molecule has 0 aromatic rings. The highest BCUT2D eigenvalue weighted by Crippen LogP contribution is 2.00. The summed E-state index contributed by atoms with van der Waals surface area (Å²) in [6, 6.07) is -0.0571. The molecule has 9 heavy (non-hydrogen) atoms. The Morgan fingerprint density at radius 2 is 2.67 bits per heavy atom. The fourth-order valence-electron chi connectivity index (χ4n) is 0.821. The molecule has 0 aromatic carbocycles. The quantitative estimate of drug-likeness (QED) is 0.480. The minimum absolute atomic E-state index is 0.0571. The lowest BCUT2D eigenvalue weighted by molar-refractivity contribution is -0.127. The van der Waals surface area contributed by atoms with Crippen molar-refractivity contribution in [1.29, 1.82) is 0 Å². The van der Waals surface area contributed by atoms with Gasteiger partial charge in [-0.25, -0.2) is 0 Å². The number of hydrogen-bond acceptors (Lipinski definition) is 3. The average Bonchev–Trinajstić information content (AvgIpc) is 2.15. The first-order chi connectivity index (χ1) is 4.25. The molecule has 3 nitrogen and oxygen atoms in total. The van der Waals surface area contributed by atoms with Crippen molar-refractivity contribution in [2.75, 3.05) is 19.5 Å². The molecule has 0 aromatic heterocycles. The van der Waals surface area contributed by atoms with Crippen LogP contribution in [0.15, 0.2) is 0 Å². The molecule has 1 amide bonds. The van der Waals surface area contributed by atoms with Crippen molar-refractivity contribution >= 4 is 18.5 Å². The van der Waals surface area contributed by atoms with Gasteiger partial charge in [0.25, 0.3) is 0 Å². The summed E-state index contributed by atoms with van der Waals surface area (Å²) in [5, 5.41) is 3.01. The predicted octanol–water partition coefficient (Wildman–Crippen LogP) is -0.696. The van der Waals surface area contributed by atoms with Crippen molar-refractivity contribution in [3.63, 3.8) is 0 Å². The van der Waals surface area contributed by atoms with E-state index in [1.54, 1.807) is 11.9 Å². The Kier molecular flexibility index (Phi) is 1.97. The van der Waals surface area contributed by atoms with E-state index >= 15 is 0 Å². The van der Waals surface area contributed by atoms with Crippen molar-refractivity contribution < 1.29 is 4.79 Å². The molecule has 0 spiro atoms. The van der Waals surface area contributed by atoms with Gasteiger partial charge in [-0.15, -0.1) is 0 Å². The molecule has 1 fully saturated rings. The zero-order chi connectivity index (χ0) is 6.85. The highest BCUT2D eigenvalue weighted by atomic mass is 32.1. The average molecular weight is 146 g/mol. The van der Waals surface area contributed by atoms with E-state index in [2.05, 4.69) is 17.9 Å². The minimum atomic E-state index is -0.0571. The van der Waals surface area contributed by atoms with Gasteiger partial charge in [0.2, 0.25) is 5.91 Å². The zero-order valence-corrected chi connectivity index (χ0v) is 6.19. The van der Waals surface area contributed by atoms with E-state index in [4.69, 9.17) is 0 Å². The molecule has 4 heteroatoms.